The molecule has 0 saturated carbocycles. The van der Waals surface area contributed by atoms with Crippen LogP contribution in [0.25, 0.3) is 0 Å². The highest BCUT2D eigenvalue weighted by molar-refractivity contribution is 7.12. The number of ether oxygens (including phenoxy) is 1. The monoisotopic (exact) mass is 428 g/mol. The summed E-state index contributed by atoms with van der Waals surface area (Å²) in [5.74, 6) is 0.0471. The van der Waals surface area contributed by atoms with Crippen LogP contribution in [0.1, 0.15) is 86.4 Å². The number of unbranched alkanes of at least 4 members (excludes halogenated alkanes) is 8. The molecule has 162 valence electrons. The second-order valence-corrected chi connectivity index (χ2v) is 8.26. The molecule has 1 heterocycles. The van der Waals surface area contributed by atoms with E-state index in [0.717, 1.165) is 18.4 Å². The maximum Gasteiger partial charge on any atom is 0.353 e. The van der Waals surface area contributed by atoms with Crippen LogP contribution in [0.15, 0.2) is 46.9 Å². The van der Waals surface area contributed by atoms with E-state index in [4.69, 9.17) is 4.74 Å². The first-order chi connectivity index (χ1) is 14.7. The Hall–Kier alpha value is -2.47. The zero-order valence-corrected chi connectivity index (χ0v) is 18.6. The molecule has 0 saturated heterocycles. The number of esters is 1. The third-order valence-corrected chi connectivity index (χ3v) is 5.57. The minimum absolute atomic E-state index is 0.0595. The van der Waals surface area contributed by atoms with Crippen LogP contribution in [0.5, 0.6) is 5.75 Å². The van der Waals surface area contributed by atoms with Gasteiger partial charge in [0.25, 0.3) is 0 Å². The lowest BCUT2D eigenvalue weighted by atomic mass is 10.1. The molecule has 1 amide bonds. The summed E-state index contributed by atoms with van der Waals surface area (Å²) in [5, 5.41) is 5.83. The number of thiophene rings is 1. The molecule has 1 aromatic heterocycles. The predicted molar refractivity (Wildman–Crippen MR) is 123 cm³/mol. The summed E-state index contributed by atoms with van der Waals surface area (Å²) in [6.45, 7) is 2.23. The van der Waals surface area contributed by atoms with Gasteiger partial charge in [-0.25, -0.2) is 10.2 Å². The zero-order valence-electron chi connectivity index (χ0n) is 17.8. The highest BCUT2D eigenvalue weighted by atomic mass is 32.1. The lowest BCUT2D eigenvalue weighted by Crippen LogP contribution is -2.16. The van der Waals surface area contributed by atoms with E-state index in [-0.39, 0.29) is 11.9 Å². The molecule has 30 heavy (non-hydrogen) atoms. The summed E-state index contributed by atoms with van der Waals surface area (Å²) < 4.78 is 5.31. The fraction of sp³-hybridized carbons (Fsp3) is 0.458. The number of amides is 1. The van der Waals surface area contributed by atoms with E-state index in [1.807, 2.05) is 11.4 Å². The number of nitrogens with zero attached hydrogens (tertiary/aromatic N) is 1. The fourth-order valence-electron chi connectivity index (χ4n) is 3.00. The lowest BCUT2D eigenvalue weighted by molar-refractivity contribution is -0.121. The van der Waals surface area contributed by atoms with E-state index < -0.39 is 0 Å². The predicted octanol–water partition coefficient (Wildman–Crippen LogP) is 6.34. The third-order valence-electron chi connectivity index (χ3n) is 4.72. The van der Waals surface area contributed by atoms with Crippen LogP contribution in [0.3, 0.4) is 0 Å². The molecule has 0 aliphatic heterocycles. The maximum atomic E-state index is 11.9. The molecule has 0 aliphatic rings. The summed E-state index contributed by atoms with van der Waals surface area (Å²) in [6.07, 6.45) is 13.2. The third kappa shape index (κ3) is 9.83. The quantitative estimate of drug-likeness (QED) is 0.125. The van der Waals surface area contributed by atoms with Crippen molar-refractivity contribution < 1.29 is 14.3 Å². The Morgan fingerprint density at radius 1 is 0.967 bits per heavy atom. The number of carbonyl (C=O) groups excluding carboxylic acids is 2. The summed E-state index contributed by atoms with van der Waals surface area (Å²) >= 11 is 1.34. The van der Waals surface area contributed by atoms with Gasteiger partial charge in [0.2, 0.25) is 5.91 Å². The van der Waals surface area contributed by atoms with E-state index in [1.54, 1.807) is 36.5 Å². The zero-order chi connectivity index (χ0) is 21.4. The smallest absolute Gasteiger partial charge is 0.353 e. The summed E-state index contributed by atoms with van der Waals surface area (Å²) in [6, 6.07) is 10.5. The summed E-state index contributed by atoms with van der Waals surface area (Å²) in [4.78, 5) is 24.3. The van der Waals surface area contributed by atoms with Crippen molar-refractivity contribution in [2.45, 2.75) is 71.1 Å². The van der Waals surface area contributed by atoms with Crippen molar-refractivity contribution in [2.75, 3.05) is 0 Å². The summed E-state index contributed by atoms with van der Waals surface area (Å²) in [5.41, 5.74) is 3.38. The SMILES string of the molecule is CCCCCCCCCCCC(=O)N/N=C/c1ccc(OC(=O)c2cccs2)cc1. The van der Waals surface area contributed by atoms with E-state index >= 15 is 0 Å². The number of hydrazone groups is 1. The van der Waals surface area contributed by atoms with Crippen molar-refractivity contribution in [3.05, 3.63) is 52.2 Å². The van der Waals surface area contributed by atoms with Gasteiger partial charge in [-0.2, -0.15) is 5.10 Å². The van der Waals surface area contributed by atoms with Crippen molar-refractivity contribution in [3.63, 3.8) is 0 Å². The molecule has 0 atom stereocenters. The Balaban J connectivity index is 1.57. The molecule has 0 unspecified atom stereocenters. The first-order valence-electron chi connectivity index (χ1n) is 10.9. The molecule has 1 aromatic carbocycles. The largest absolute Gasteiger partial charge is 0.422 e. The van der Waals surface area contributed by atoms with Crippen molar-refractivity contribution >= 4 is 29.4 Å². The van der Waals surface area contributed by atoms with Crippen LogP contribution in [-0.4, -0.2) is 18.1 Å². The van der Waals surface area contributed by atoms with Gasteiger partial charge >= 0.3 is 5.97 Å². The first kappa shape index (κ1) is 23.8. The molecule has 2 rings (SSSR count). The highest BCUT2D eigenvalue weighted by Gasteiger charge is 2.09. The van der Waals surface area contributed by atoms with Gasteiger partial charge in [-0.15, -0.1) is 11.3 Å². The second kappa shape index (κ2) is 14.5. The molecular weight excluding hydrogens is 396 g/mol. The first-order valence-corrected chi connectivity index (χ1v) is 11.7. The molecule has 6 heteroatoms. The van der Waals surface area contributed by atoms with Crippen LogP contribution < -0.4 is 10.2 Å². The minimum Gasteiger partial charge on any atom is -0.422 e. The molecule has 0 fully saturated rings. The Morgan fingerprint density at radius 2 is 1.63 bits per heavy atom. The molecule has 0 radical (unpaired) electrons. The molecular formula is C24H32N2O3S. The van der Waals surface area contributed by atoms with Crippen molar-refractivity contribution in [2.24, 2.45) is 5.10 Å². The molecule has 5 nitrogen and oxygen atoms in total. The normalized spacial score (nSPS) is 11.0. The van der Waals surface area contributed by atoms with Gasteiger partial charge in [-0.1, -0.05) is 64.4 Å². The van der Waals surface area contributed by atoms with Crippen LogP contribution >= 0.6 is 11.3 Å². The Bertz CT molecular complexity index is 770. The van der Waals surface area contributed by atoms with Crippen LogP contribution in [0, 0.1) is 0 Å². The number of hydrogen-bond donors (Lipinski definition) is 1. The van der Waals surface area contributed by atoms with Gasteiger partial charge in [0.15, 0.2) is 0 Å². The number of nitrogens with one attached hydrogen (secondary N) is 1. The van der Waals surface area contributed by atoms with Gasteiger partial charge in [-0.3, -0.25) is 4.79 Å². The van der Waals surface area contributed by atoms with Crippen molar-refractivity contribution in [3.8, 4) is 5.75 Å². The Labute approximate surface area is 183 Å². The maximum absolute atomic E-state index is 11.9. The van der Waals surface area contributed by atoms with Gasteiger partial charge in [0.1, 0.15) is 10.6 Å². The van der Waals surface area contributed by atoms with Gasteiger partial charge in [0, 0.05) is 6.42 Å². The van der Waals surface area contributed by atoms with Crippen molar-refractivity contribution in [1.29, 1.82) is 0 Å². The van der Waals surface area contributed by atoms with Gasteiger partial charge < -0.3 is 4.74 Å². The van der Waals surface area contributed by atoms with E-state index in [1.165, 1.54) is 56.3 Å². The van der Waals surface area contributed by atoms with Crippen LogP contribution in [0.2, 0.25) is 0 Å². The molecule has 0 aliphatic carbocycles. The van der Waals surface area contributed by atoms with Crippen molar-refractivity contribution in [1.82, 2.24) is 5.43 Å². The average Bonchev–Trinajstić information content (AvgIpc) is 3.29. The van der Waals surface area contributed by atoms with E-state index in [2.05, 4.69) is 17.5 Å². The lowest BCUT2D eigenvalue weighted by Gasteiger charge is -2.03. The molecule has 2 aromatic rings. The molecule has 0 spiro atoms. The number of benzene rings is 1. The van der Waals surface area contributed by atoms with E-state index in [9.17, 15) is 9.59 Å². The number of carbonyl (C=O) groups is 2. The minimum atomic E-state index is -0.366. The topological polar surface area (TPSA) is 67.8 Å². The number of rotatable bonds is 14. The van der Waals surface area contributed by atoms with Crippen LogP contribution in [0.4, 0.5) is 0 Å². The summed E-state index contributed by atoms with van der Waals surface area (Å²) in [7, 11) is 0. The fourth-order valence-corrected chi connectivity index (χ4v) is 3.60. The Morgan fingerprint density at radius 3 is 2.27 bits per heavy atom. The Kier molecular flexibility index (Phi) is 11.5. The average molecular weight is 429 g/mol. The highest BCUT2D eigenvalue weighted by Crippen LogP contribution is 2.16. The van der Waals surface area contributed by atoms with Crippen LogP contribution in [-0.2, 0) is 4.79 Å². The standard InChI is InChI=1S/C24H32N2O3S/c1-2-3-4-5-6-7-8-9-10-13-23(27)26-25-19-20-14-16-21(17-15-20)29-24(28)22-12-11-18-30-22/h11-12,14-19H,2-10,13H2,1H3,(H,26,27)/b25-19+. The van der Waals surface area contributed by atoms with E-state index in [0.29, 0.717) is 17.0 Å². The second-order valence-electron chi connectivity index (χ2n) is 7.31. The molecule has 0 bridgehead atoms. The number of hydrogen-bond acceptors (Lipinski definition) is 5. The van der Waals surface area contributed by atoms with Gasteiger partial charge in [0.05, 0.1) is 6.21 Å². The van der Waals surface area contributed by atoms with Gasteiger partial charge in [-0.05, 0) is 47.7 Å². The molecule has 1 N–H and O–H groups in total.